The van der Waals surface area contributed by atoms with Crippen LogP contribution in [0.2, 0.25) is 0 Å². The zero-order chi connectivity index (χ0) is 12.0. The Kier molecular flexibility index (Phi) is 2.68. The van der Waals surface area contributed by atoms with Crippen molar-refractivity contribution in [1.82, 2.24) is 9.55 Å². The fraction of sp³-hybridized carbons (Fsp3) is 0.455. The predicted octanol–water partition coefficient (Wildman–Crippen LogP) is 3.02. The Morgan fingerprint density at radius 1 is 1.65 bits per heavy atom. The van der Waals surface area contributed by atoms with E-state index in [2.05, 4.69) is 11.2 Å². The minimum atomic E-state index is 0.0547. The molecular formula is C11H12N2OS3. The number of nitrogens with one attached hydrogen (secondary N) is 1. The first-order chi connectivity index (χ1) is 8.15. The Morgan fingerprint density at radius 3 is 3.06 bits per heavy atom. The molecule has 0 radical (unpaired) electrons. The van der Waals surface area contributed by atoms with Crippen molar-refractivity contribution in [2.75, 3.05) is 6.26 Å². The molecule has 0 amide bonds. The quantitative estimate of drug-likeness (QED) is 0.880. The summed E-state index contributed by atoms with van der Waals surface area (Å²) in [4.78, 5) is 15.4. The summed E-state index contributed by atoms with van der Waals surface area (Å²) >= 11 is 8.59. The summed E-state index contributed by atoms with van der Waals surface area (Å²) in [5.41, 5.74) is 0.911. The largest absolute Gasteiger partial charge is 0.331 e. The number of hydrogen-bond donors (Lipinski definition) is 1. The maximum Gasteiger partial charge on any atom is 0.272 e. The zero-order valence-corrected chi connectivity index (χ0v) is 11.8. The Bertz CT molecular complexity index is 678. The van der Waals surface area contributed by atoms with Gasteiger partial charge in [-0.3, -0.25) is 9.36 Å². The lowest BCUT2D eigenvalue weighted by Gasteiger charge is -2.13. The summed E-state index contributed by atoms with van der Waals surface area (Å²) in [5.74, 6) is 0. The van der Waals surface area contributed by atoms with Crippen LogP contribution in [0.3, 0.4) is 0 Å². The molecule has 0 bridgehead atoms. The smallest absolute Gasteiger partial charge is 0.272 e. The highest BCUT2D eigenvalue weighted by atomic mass is 32.2. The van der Waals surface area contributed by atoms with Gasteiger partial charge in [0, 0.05) is 11.3 Å². The number of H-pyrrole nitrogens is 1. The third-order valence-electron chi connectivity index (χ3n) is 3.28. The van der Waals surface area contributed by atoms with Gasteiger partial charge in [-0.15, -0.1) is 11.3 Å². The molecule has 0 spiro atoms. The Morgan fingerprint density at radius 2 is 2.41 bits per heavy atom. The van der Waals surface area contributed by atoms with Gasteiger partial charge in [0.1, 0.15) is 4.70 Å². The number of thioether (sulfide) groups is 1. The number of nitrogens with zero attached hydrogens (tertiary/aromatic N) is 1. The van der Waals surface area contributed by atoms with Crippen molar-refractivity contribution in [3.05, 3.63) is 26.6 Å². The second-order valence-electron chi connectivity index (χ2n) is 4.37. The van der Waals surface area contributed by atoms with Crippen molar-refractivity contribution in [3.63, 3.8) is 0 Å². The summed E-state index contributed by atoms with van der Waals surface area (Å²) in [6, 6.07) is 1.91. The van der Waals surface area contributed by atoms with Gasteiger partial charge >= 0.3 is 0 Å². The topological polar surface area (TPSA) is 37.8 Å². The highest BCUT2D eigenvalue weighted by Crippen LogP contribution is 2.48. The van der Waals surface area contributed by atoms with Crippen molar-refractivity contribution in [2.45, 2.75) is 24.1 Å². The van der Waals surface area contributed by atoms with Gasteiger partial charge in [-0.05, 0) is 42.8 Å². The van der Waals surface area contributed by atoms with Gasteiger partial charge in [0.15, 0.2) is 4.77 Å². The van der Waals surface area contributed by atoms with Gasteiger partial charge < -0.3 is 4.98 Å². The molecule has 1 saturated carbocycles. The second-order valence-corrected chi connectivity index (χ2v) is 6.95. The molecule has 6 heteroatoms. The molecular weight excluding hydrogens is 272 g/mol. The van der Waals surface area contributed by atoms with E-state index in [4.69, 9.17) is 12.2 Å². The van der Waals surface area contributed by atoms with Crippen LogP contribution >= 0.6 is 35.3 Å². The first kappa shape index (κ1) is 11.5. The fourth-order valence-electron chi connectivity index (χ4n) is 1.97. The highest BCUT2D eigenvalue weighted by Gasteiger charge is 2.42. The number of aromatic amines is 1. The van der Waals surface area contributed by atoms with Gasteiger partial charge in [0.05, 0.1) is 5.52 Å². The van der Waals surface area contributed by atoms with E-state index in [1.807, 2.05) is 23.2 Å². The molecule has 3 nitrogen and oxygen atoms in total. The van der Waals surface area contributed by atoms with Crippen LogP contribution in [0.25, 0.3) is 10.2 Å². The van der Waals surface area contributed by atoms with E-state index in [1.54, 1.807) is 4.57 Å². The lowest BCUT2D eigenvalue weighted by Crippen LogP contribution is -2.27. The molecule has 2 aromatic rings. The normalized spacial score (nSPS) is 17.5. The number of hydrogen-bond acceptors (Lipinski definition) is 4. The first-order valence-electron chi connectivity index (χ1n) is 5.41. The molecule has 1 N–H and O–H groups in total. The van der Waals surface area contributed by atoms with E-state index in [1.165, 1.54) is 24.2 Å². The summed E-state index contributed by atoms with van der Waals surface area (Å²) in [6.45, 7) is 0.732. The SMILES string of the molecule is CSC1(Cn2c(=S)[nH]c3ccsc3c2=O)CC1. The van der Waals surface area contributed by atoms with Crippen LogP contribution in [0, 0.1) is 4.77 Å². The predicted molar refractivity (Wildman–Crippen MR) is 76.7 cm³/mol. The van der Waals surface area contributed by atoms with Crippen molar-refractivity contribution >= 4 is 45.5 Å². The third-order valence-corrected chi connectivity index (χ3v) is 5.91. The van der Waals surface area contributed by atoms with Gasteiger partial charge in [-0.25, -0.2) is 0 Å². The van der Waals surface area contributed by atoms with Gasteiger partial charge in [-0.1, -0.05) is 0 Å². The molecule has 1 aliphatic carbocycles. The Labute approximate surface area is 112 Å². The van der Waals surface area contributed by atoms with E-state index >= 15 is 0 Å². The minimum Gasteiger partial charge on any atom is -0.331 e. The second kappa shape index (κ2) is 3.96. The van der Waals surface area contributed by atoms with Crippen LogP contribution in [0.5, 0.6) is 0 Å². The maximum absolute atomic E-state index is 12.3. The van der Waals surface area contributed by atoms with Gasteiger partial charge in [0.2, 0.25) is 0 Å². The molecule has 1 aliphatic rings. The molecule has 0 atom stereocenters. The van der Waals surface area contributed by atoms with Gasteiger partial charge in [0.25, 0.3) is 5.56 Å². The van der Waals surface area contributed by atoms with Gasteiger partial charge in [-0.2, -0.15) is 11.8 Å². The lowest BCUT2D eigenvalue weighted by atomic mass is 10.4. The number of thiophene rings is 1. The molecule has 2 heterocycles. The lowest BCUT2D eigenvalue weighted by molar-refractivity contribution is 0.624. The molecule has 1 fully saturated rings. The molecule has 0 unspecified atom stereocenters. The molecule has 90 valence electrons. The number of fused-ring (bicyclic) bond motifs is 1. The molecule has 2 aromatic heterocycles. The van der Waals surface area contributed by atoms with Crippen LogP contribution in [-0.2, 0) is 6.54 Å². The molecule has 0 aliphatic heterocycles. The summed E-state index contributed by atoms with van der Waals surface area (Å²) in [7, 11) is 0. The van der Waals surface area contributed by atoms with Crippen molar-refractivity contribution in [2.24, 2.45) is 0 Å². The van der Waals surface area contributed by atoms with E-state index in [0.717, 1.165) is 16.8 Å². The summed E-state index contributed by atoms with van der Waals surface area (Å²) in [6.07, 6.45) is 4.46. The van der Waals surface area contributed by atoms with Crippen LogP contribution in [-0.4, -0.2) is 20.6 Å². The number of rotatable bonds is 3. The minimum absolute atomic E-state index is 0.0547. The molecule has 0 saturated heterocycles. The van der Waals surface area contributed by atoms with Crippen LogP contribution in [0.4, 0.5) is 0 Å². The van der Waals surface area contributed by atoms with E-state index in [-0.39, 0.29) is 10.3 Å². The maximum atomic E-state index is 12.3. The Hall–Kier alpha value is -0.590. The average molecular weight is 284 g/mol. The Balaban J connectivity index is 2.15. The van der Waals surface area contributed by atoms with Crippen molar-refractivity contribution < 1.29 is 0 Å². The van der Waals surface area contributed by atoms with Crippen LogP contribution < -0.4 is 5.56 Å². The molecule has 0 aromatic carbocycles. The highest BCUT2D eigenvalue weighted by molar-refractivity contribution is 8.00. The summed E-state index contributed by atoms with van der Waals surface area (Å²) in [5, 5.41) is 1.92. The van der Waals surface area contributed by atoms with Crippen molar-refractivity contribution in [3.8, 4) is 0 Å². The van der Waals surface area contributed by atoms with E-state index < -0.39 is 0 Å². The molecule has 3 rings (SSSR count). The summed E-state index contributed by atoms with van der Waals surface area (Å²) < 4.78 is 3.28. The van der Waals surface area contributed by atoms with Crippen LogP contribution in [0.15, 0.2) is 16.2 Å². The van der Waals surface area contributed by atoms with Crippen molar-refractivity contribution in [1.29, 1.82) is 0 Å². The third kappa shape index (κ3) is 1.88. The van der Waals surface area contributed by atoms with E-state index in [9.17, 15) is 4.79 Å². The number of aromatic nitrogens is 2. The van der Waals surface area contributed by atoms with E-state index in [0.29, 0.717) is 4.77 Å². The van der Waals surface area contributed by atoms with Crippen LogP contribution in [0.1, 0.15) is 12.8 Å². The first-order valence-corrected chi connectivity index (χ1v) is 7.92. The molecule has 17 heavy (non-hydrogen) atoms. The average Bonchev–Trinajstić information content (AvgIpc) is 2.95. The zero-order valence-electron chi connectivity index (χ0n) is 9.36. The standard InChI is InChI=1S/C11H12N2OS3/c1-16-11(3-4-11)6-13-9(14)8-7(2-5-17-8)12-10(13)15/h2,5H,3-4,6H2,1H3,(H,12,15). The fourth-order valence-corrected chi connectivity index (χ4v) is 3.79. The monoisotopic (exact) mass is 284 g/mol.